The summed E-state index contributed by atoms with van der Waals surface area (Å²) in [4.78, 5) is 21.7. The van der Waals surface area contributed by atoms with E-state index >= 15 is 0 Å². The smallest absolute Gasteiger partial charge is 0.320 e. The van der Waals surface area contributed by atoms with Gasteiger partial charge in [0.1, 0.15) is 12.6 Å². The summed E-state index contributed by atoms with van der Waals surface area (Å²) in [6.45, 7) is 2.34. The zero-order valence-electron chi connectivity index (χ0n) is 9.64. The molecule has 0 rings (SSSR count). The molecule has 0 aromatic rings. The van der Waals surface area contributed by atoms with E-state index in [1.165, 1.54) is 7.11 Å². The van der Waals surface area contributed by atoms with Gasteiger partial charge in [-0.1, -0.05) is 6.92 Å². The molecule has 2 atom stereocenters. The molecule has 0 aliphatic carbocycles. The van der Waals surface area contributed by atoms with Crippen LogP contribution in [0.15, 0.2) is 0 Å². The highest BCUT2D eigenvalue weighted by atomic mass is 16.6. The Bertz CT molecular complexity index is 231. The minimum atomic E-state index is -1.06. The van der Waals surface area contributed by atoms with Gasteiger partial charge in [-0.25, -0.2) is 0 Å². The van der Waals surface area contributed by atoms with E-state index < -0.39 is 12.0 Å². The standard InChI is InChI=1S/C10H19NO5/c1-7(5-8(11)10(13)14)6-9(12)16-4-3-15-2/h7-8H,3-6,11H2,1-2H3,(H,13,14)/t7?,8-/m0/s1. The third-order valence-corrected chi connectivity index (χ3v) is 2.04. The third-order valence-electron chi connectivity index (χ3n) is 2.04. The zero-order chi connectivity index (χ0) is 12.6. The van der Waals surface area contributed by atoms with E-state index in [0.29, 0.717) is 6.61 Å². The topological polar surface area (TPSA) is 98.9 Å². The molecule has 0 saturated heterocycles. The molecule has 0 radical (unpaired) electrons. The molecular weight excluding hydrogens is 214 g/mol. The van der Waals surface area contributed by atoms with Gasteiger partial charge in [0.25, 0.3) is 0 Å². The molecule has 0 aliphatic rings. The molecule has 6 nitrogen and oxygen atoms in total. The number of carboxylic acids is 1. The first-order valence-corrected chi connectivity index (χ1v) is 5.10. The molecule has 0 heterocycles. The number of hydrogen-bond acceptors (Lipinski definition) is 5. The average molecular weight is 233 g/mol. The quantitative estimate of drug-likeness (QED) is 0.452. The lowest BCUT2D eigenvalue weighted by Gasteiger charge is -2.13. The first-order chi connectivity index (χ1) is 7.47. The van der Waals surface area contributed by atoms with Gasteiger partial charge >= 0.3 is 11.9 Å². The summed E-state index contributed by atoms with van der Waals surface area (Å²) in [7, 11) is 1.52. The SMILES string of the molecule is COCCOC(=O)CC(C)C[C@H](N)C(=O)O. The highest BCUT2D eigenvalue weighted by molar-refractivity contribution is 5.73. The van der Waals surface area contributed by atoms with Crippen LogP contribution in [0.25, 0.3) is 0 Å². The Labute approximate surface area is 94.7 Å². The lowest BCUT2D eigenvalue weighted by molar-refractivity contribution is -0.146. The molecule has 0 aromatic heterocycles. The fourth-order valence-corrected chi connectivity index (χ4v) is 1.20. The Kier molecular flexibility index (Phi) is 7.49. The predicted octanol–water partition coefficient (Wildman–Crippen LogP) is 0.00420. The van der Waals surface area contributed by atoms with Crippen molar-refractivity contribution in [1.29, 1.82) is 0 Å². The number of nitrogens with two attached hydrogens (primary N) is 1. The normalized spacial score (nSPS) is 14.2. The molecule has 0 fully saturated rings. The third kappa shape index (κ3) is 7.19. The molecule has 0 bridgehead atoms. The lowest BCUT2D eigenvalue weighted by atomic mass is 9.99. The minimum absolute atomic E-state index is 0.110. The van der Waals surface area contributed by atoms with Crippen LogP contribution in [0.4, 0.5) is 0 Å². The second-order valence-electron chi connectivity index (χ2n) is 3.70. The van der Waals surface area contributed by atoms with E-state index in [2.05, 4.69) is 0 Å². The van der Waals surface area contributed by atoms with Crippen molar-refractivity contribution in [1.82, 2.24) is 0 Å². The molecule has 3 N–H and O–H groups in total. The van der Waals surface area contributed by atoms with Gasteiger partial charge in [0.2, 0.25) is 0 Å². The van der Waals surface area contributed by atoms with Crippen molar-refractivity contribution < 1.29 is 24.2 Å². The van der Waals surface area contributed by atoms with Crippen LogP contribution in [0.1, 0.15) is 19.8 Å². The second-order valence-corrected chi connectivity index (χ2v) is 3.70. The van der Waals surface area contributed by atoms with Crippen LogP contribution in [-0.4, -0.2) is 43.4 Å². The number of carbonyl (C=O) groups is 2. The van der Waals surface area contributed by atoms with Crippen LogP contribution in [0, 0.1) is 5.92 Å². The number of rotatable bonds is 8. The first kappa shape index (κ1) is 14.9. The largest absolute Gasteiger partial charge is 0.480 e. The maximum absolute atomic E-state index is 11.2. The van der Waals surface area contributed by atoms with Crippen molar-refractivity contribution in [2.45, 2.75) is 25.8 Å². The number of carbonyl (C=O) groups excluding carboxylic acids is 1. The van der Waals surface area contributed by atoms with Crippen molar-refractivity contribution in [2.24, 2.45) is 11.7 Å². The van der Waals surface area contributed by atoms with Gasteiger partial charge in [0.15, 0.2) is 0 Å². The maximum atomic E-state index is 11.2. The fraction of sp³-hybridized carbons (Fsp3) is 0.800. The van der Waals surface area contributed by atoms with Crippen molar-refractivity contribution >= 4 is 11.9 Å². The Hall–Kier alpha value is -1.14. The van der Waals surface area contributed by atoms with Crippen molar-refractivity contribution in [3.05, 3.63) is 0 Å². The van der Waals surface area contributed by atoms with Gasteiger partial charge in [-0.2, -0.15) is 0 Å². The van der Waals surface area contributed by atoms with Gasteiger partial charge in [-0.05, 0) is 12.3 Å². The molecule has 0 saturated carbocycles. The van der Waals surface area contributed by atoms with Gasteiger partial charge in [0.05, 0.1) is 6.61 Å². The summed E-state index contributed by atoms with van der Waals surface area (Å²) < 4.78 is 9.56. The minimum Gasteiger partial charge on any atom is -0.480 e. The van der Waals surface area contributed by atoms with Crippen LogP contribution < -0.4 is 5.73 Å². The van der Waals surface area contributed by atoms with Crippen LogP contribution in [0.3, 0.4) is 0 Å². The molecule has 0 amide bonds. The maximum Gasteiger partial charge on any atom is 0.320 e. The first-order valence-electron chi connectivity index (χ1n) is 5.10. The van der Waals surface area contributed by atoms with Crippen LogP contribution in [0.5, 0.6) is 0 Å². The van der Waals surface area contributed by atoms with E-state index in [1.807, 2.05) is 0 Å². The number of methoxy groups -OCH3 is 1. The van der Waals surface area contributed by atoms with Crippen molar-refractivity contribution in [2.75, 3.05) is 20.3 Å². The number of aliphatic carboxylic acids is 1. The van der Waals surface area contributed by atoms with E-state index in [4.69, 9.17) is 20.3 Å². The number of carboxylic acid groups (broad SMARTS) is 1. The molecule has 94 valence electrons. The highest BCUT2D eigenvalue weighted by Gasteiger charge is 2.18. The highest BCUT2D eigenvalue weighted by Crippen LogP contribution is 2.10. The molecule has 0 aliphatic heterocycles. The Morgan fingerprint density at radius 2 is 2.00 bits per heavy atom. The number of hydrogen-bond donors (Lipinski definition) is 2. The summed E-state index contributed by atoms with van der Waals surface area (Å²) in [5, 5.41) is 8.58. The lowest BCUT2D eigenvalue weighted by Crippen LogP contribution is -2.32. The molecule has 1 unspecified atom stereocenters. The second kappa shape index (κ2) is 8.06. The molecule has 0 aromatic carbocycles. The molecule has 16 heavy (non-hydrogen) atoms. The van der Waals surface area contributed by atoms with Crippen LogP contribution in [-0.2, 0) is 19.1 Å². The molecular formula is C10H19NO5. The monoisotopic (exact) mass is 233 g/mol. The van der Waals surface area contributed by atoms with Crippen LogP contribution >= 0.6 is 0 Å². The van der Waals surface area contributed by atoms with Gasteiger partial charge < -0.3 is 20.3 Å². The van der Waals surface area contributed by atoms with Gasteiger partial charge in [0, 0.05) is 13.5 Å². The molecule has 6 heteroatoms. The van der Waals surface area contributed by atoms with Crippen molar-refractivity contribution in [3.8, 4) is 0 Å². The van der Waals surface area contributed by atoms with Gasteiger partial charge in [-0.15, -0.1) is 0 Å². The van der Waals surface area contributed by atoms with E-state index in [9.17, 15) is 9.59 Å². The summed E-state index contributed by atoms with van der Waals surface area (Å²) in [6.07, 6.45) is 0.430. The summed E-state index contributed by atoms with van der Waals surface area (Å²) in [5.74, 6) is -1.53. The Balaban J connectivity index is 3.73. The Morgan fingerprint density at radius 3 is 2.50 bits per heavy atom. The van der Waals surface area contributed by atoms with E-state index in [0.717, 1.165) is 0 Å². The van der Waals surface area contributed by atoms with E-state index in [1.54, 1.807) is 6.92 Å². The number of ether oxygens (including phenoxy) is 2. The summed E-state index contributed by atoms with van der Waals surface area (Å²) in [5.41, 5.74) is 5.34. The van der Waals surface area contributed by atoms with Crippen molar-refractivity contribution in [3.63, 3.8) is 0 Å². The zero-order valence-corrected chi connectivity index (χ0v) is 9.64. The summed E-state index contributed by atoms with van der Waals surface area (Å²) >= 11 is 0. The average Bonchev–Trinajstić information content (AvgIpc) is 2.17. The summed E-state index contributed by atoms with van der Waals surface area (Å²) in [6, 6.07) is -0.929. The Morgan fingerprint density at radius 1 is 1.38 bits per heavy atom. The predicted molar refractivity (Wildman–Crippen MR) is 56.8 cm³/mol. The van der Waals surface area contributed by atoms with Gasteiger partial charge in [-0.3, -0.25) is 9.59 Å². The molecule has 0 spiro atoms. The number of esters is 1. The fourth-order valence-electron chi connectivity index (χ4n) is 1.20. The van der Waals surface area contributed by atoms with E-state index in [-0.39, 0.29) is 31.3 Å². The van der Waals surface area contributed by atoms with Crippen LogP contribution in [0.2, 0.25) is 0 Å².